The first kappa shape index (κ1) is 17.2. The van der Waals surface area contributed by atoms with E-state index in [-0.39, 0.29) is 12.0 Å². The average Bonchev–Trinajstić information content (AvgIpc) is 3.06. The molecular weight excluding hydrogens is 308 g/mol. The largest absolute Gasteiger partial charge is 0.376 e. The highest BCUT2D eigenvalue weighted by Gasteiger charge is 2.27. The summed E-state index contributed by atoms with van der Waals surface area (Å²) in [5.74, 6) is 1.03. The fraction of sp³-hybridized carbons (Fsp3) is 0.765. The standard InChI is InChI=1S/C17H28N4O3/c1-13-11-16(19-18-13)20-6-8-21(9-7-20)17(22)14(2)24-12-15-5-3-4-10-23-15/h11,14-15H,3-10,12H2,1-2H3,(H,18,19). The van der Waals surface area contributed by atoms with Crippen LogP contribution in [0.15, 0.2) is 6.07 Å². The predicted octanol–water partition coefficient (Wildman–Crippen LogP) is 1.34. The van der Waals surface area contributed by atoms with Gasteiger partial charge in [0.25, 0.3) is 5.91 Å². The normalized spacial score (nSPS) is 23.3. The van der Waals surface area contributed by atoms with Crippen LogP contribution in [0.3, 0.4) is 0 Å². The second-order valence-corrected chi connectivity index (χ2v) is 6.69. The number of piperazine rings is 1. The van der Waals surface area contributed by atoms with Crippen LogP contribution in [0, 0.1) is 6.92 Å². The van der Waals surface area contributed by atoms with Crippen molar-refractivity contribution in [2.45, 2.75) is 45.3 Å². The molecule has 1 N–H and O–H groups in total. The van der Waals surface area contributed by atoms with Crippen molar-refractivity contribution in [1.82, 2.24) is 15.1 Å². The number of hydrogen-bond acceptors (Lipinski definition) is 5. The molecule has 3 rings (SSSR count). The van der Waals surface area contributed by atoms with Crippen molar-refractivity contribution in [1.29, 1.82) is 0 Å². The number of rotatable bonds is 5. The molecule has 2 fully saturated rings. The summed E-state index contributed by atoms with van der Waals surface area (Å²) in [4.78, 5) is 16.6. The Morgan fingerprint density at radius 3 is 2.83 bits per heavy atom. The molecule has 7 heteroatoms. The predicted molar refractivity (Wildman–Crippen MR) is 91.1 cm³/mol. The molecule has 2 aliphatic heterocycles. The molecule has 0 aromatic carbocycles. The third kappa shape index (κ3) is 4.27. The fourth-order valence-corrected chi connectivity index (χ4v) is 3.24. The molecule has 0 bridgehead atoms. The second-order valence-electron chi connectivity index (χ2n) is 6.69. The number of aromatic amines is 1. The molecule has 0 radical (unpaired) electrons. The number of ether oxygens (including phenoxy) is 2. The third-order valence-corrected chi connectivity index (χ3v) is 4.76. The SMILES string of the molecule is Cc1cc(N2CCN(C(=O)C(C)OCC3CCCCO3)CC2)n[nH]1. The average molecular weight is 336 g/mol. The Bertz CT molecular complexity index is 534. The van der Waals surface area contributed by atoms with Crippen LogP contribution in [-0.2, 0) is 14.3 Å². The summed E-state index contributed by atoms with van der Waals surface area (Å²) >= 11 is 0. The van der Waals surface area contributed by atoms with Gasteiger partial charge >= 0.3 is 0 Å². The van der Waals surface area contributed by atoms with Gasteiger partial charge in [0.2, 0.25) is 0 Å². The molecule has 2 saturated heterocycles. The minimum Gasteiger partial charge on any atom is -0.376 e. The molecule has 24 heavy (non-hydrogen) atoms. The van der Waals surface area contributed by atoms with E-state index in [1.54, 1.807) is 0 Å². The number of carbonyl (C=O) groups is 1. The zero-order valence-electron chi connectivity index (χ0n) is 14.7. The Morgan fingerprint density at radius 2 is 2.21 bits per heavy atom. The lowest BCUT2D eigenvalue weighted by Gasteiger charge is -2.36. The molecule has 7 nitrogen and oxygen atoms in total. The number of hydrogen-bond donors (Lipinski definition) is 1. The minimum atomic E-state index is -0.408. The highest BCUT2D eigenvalue weighted by Crippen LogP contribution is 2.16. The van der Waals surface area contributed by atoms with Gasteiger partial charge in [0, 0.05) is 44.5 Å². The fourth-order valence-electron chi connectivity index (χ4n) is 3.24. The lowest BCUT2D eigenvalue weighted by Crippen LogP contribution is -2.51. The maximum atomic E-state index is 12.5. The van der Waals surface area contributed by atoms with E-state index in [1.165, 1.54) is 6.42 Å². The van der Waals surface area contributed by atoms with E-state index in [4.69, 9.17) is 9.47 Å². The van der Waals surface area contributed by atoms with Crippen molar-refractivity contribution < 1.29 is 14.3 Å². The summed E-state index contributed by atoms with van der Waals surface area (Å²) in [5, 5.41) is 7.25. The summed E-state index contributed by atoms with van der Waals surface area (Å²) < 4.78 is 11.4. The van der Waals surface area contributed by atoms with Crippen molar-refractivity contribution in [3.63, 3.8) is 0 Å². The van der Waals surface area contributed by atoms with Crippen LogP contribution in [0.1, 0.15) is 31.9 Å². The number of nitrogens with one attached hydrogen (secondary N) is 1. The topological polar surface area (TPSA) is 70.7 Å². The molecule has 3 heterocycles. The van der Waals surface area contributed by atoms with Crippen LogP contribution in [0.5, 0.6) is 0 Å². The number of aryl methyl sites for hydroxylation is 1. The van der Waals surface area contributed by atoms with E-state index >= 15 is 0 Å². The van der Waals surface area contributed by atoms with Gasteiger partial charge in [-0.15, -0.1) is 0 Å². The molecule has 1 amide bonds. The zero-order chi connectivity index (χ0) is 16.9. The van der Waals surface area contributed by atoms with Crippen LogP contribution in [-0.4, -0.2) is 72.6 Å². The molecule has 2 aliphatic rings. The van der Waals surface area contributed by atoms with Gasteiger partial charge in [0.1, 0.15) is 6.10 Å². The number of carbonyl (C=O) groups excluding carboxylic acids is 1. The van der Waals surface area contributed by atoms with Crippen molar-refractivity contribution in [2.75, 3.05) is 44.3 Å². The number of aromatic nitrogens is 2. The van der Waals surface area contributed by atoms with Crippen molar-refractivity contribution >= 4 is 11.7 Å². The minimum absolute atomic E-state index is 0.0728. The van der Waals surface area contributed by atoms with Gasteiger partial charge in [-0.1, -0.05) is 0 Å². The molecule has 2 unspecified atom stereocenters. The van der Waals surface area contributed by atoms with Gasteiger partial charge in [0.15, 0.2) is 5.82 Å². The smallest absolute Gasteiger partial charge is 0.251 e. The molecule has 2 atom stereocenters. The van der Waals surface area contributed by atoms with Crippen molar-refractivity contribution in [3.05, 3.63) is 11.8 Å². The van der Waals surface area contributed by atoms with E-state index in [2.05, 4.69) is 15.1 Å². The van der Waals surface area contributed by atoms with E-state index in [1.807, 2.05) is 24.8 Å². The second kappa shape index (κ2) is 7.98. The summed E-state index contributed by atoms with van der Waals surface area (Å²) in [6, 6.07) is 2.04. The zero-order valence-corrected chi connectivity index (χ0v) is 14.7. The third-order valence-electron chi connectivity index (χ3n) is 4.76. The summed E-state index contributed by atoms with van der Waals surface area (Å²) in [6.45, 7) is 8.17. The lowest BCUT2D eigenvalue weighted by molar-refractivity contribution is -0.146. The molecule has 0 aliphatic carbocycles. The number of anilines is 1. The van der Waals surface area contributed by atoms with Crippen LogP contribution >= 0.6 is 0 Å². The quantitative estimate of drug-likeness (QED) is 0.879. The molecular formula is C17H28N4O3. The van der Waals surface area contributed by atoms with Crippen LogP contribution in [0.4, 0.5) is 5.82 Å². The summed E-state index contributed by atoms with van der Waals surface area (Å²) in [6.07, 6.45) is 3.08. The Labute approximate surface area is 143 Å². The molecule has 134 valence electrons. The monoisotopic (exact) mass is 336 g/mol. The summed E-state index contributed by atoms with van der Waals surface area (Å²) in [7, 11) is 0. The molecule has 0 saturated carbocycles. The van der Waals surface area contributed by atoms with Crippen molar-refractivity contribution in [2.24, 2.45) is 0 Å². The highest BCUT2D eigenvalue weighted by molar-refractivity contribution is 5.80. The molecule has 1 aromatic heterocycles. The van der Waals surface area contributed by atoms with Gasteiger partial charge in [-0.3, -0.25) is 9.89 Å². The summed E-state index contributed by atoms with van der Waals surface area (Å²) in [5.41, 5.74) is 1.05. The Balaban J connectivity index is 1.42. The first-order valence-electron chi connectivity index (χ1n) is 8.92. The first-order valence-corrected chi connectivity index (χ1v) is 8.92. The number of amides is 1. The van der Waals surface area contributed by atoms with Crippen LogP contribution in [0.2, 0.25) is 0 Å². The van der Waals surface area contributed by atoms with Gasteiger partial charge in [-0.05, 0) is 33.1 Å². The maximum absolute atomic E-state index is 12.5. The van der Waals surface area contributed by atoms with E-state index in [9.17, 15) is 4.79 Å². The highest BCUT2D eigenvalue weighted by atomic mass is 16.5. The van der Waals surface area contributed by atoms with Gasteiger partial charge in [0.05, 0.1) is 12.7 Å². The van der Waals surface area contributed by atoms with Crippen molar-refractivity contribution in [3.8, 4) is 0 Å². The Morgan fingerprint density at radius 1 is 1.42 bits per heavy atom. The Kier molecular flexibility index (Phi) is 5.73. The van der Waals surface area contributed by atoms with Crippen LogP contribution < -0.4 is 4.90 Å². The van der Waals surface area contributed by atoms with Gasteiger partial charge < -0.3 is 19.3 Å². The Hall–Kier alpha value is -1.60. The van der Waals surface area contributed by atoms with Gasteiger partial charge in [-0.2, -0.15) is 5.10 Å². The van der Waals surface area contributed by atoms with Gasteiger partial charge in [-0.25, -0.2) is 0 Å². The van der Waals surface area contributed by atoms with Crippen LogP contribution in [0.25, 0.3) is 0 Å². The van der Waals surface area contributed by atoms with E-state index in [0.717, 1.165) is 44.0 Å². The van der Waals surface area contributed by atoms with E-state index in [0.29, 0.717) is 19.7 Å². The first-order chi connectivity index (χ1) is 11.6. The molecule has 1 aromatic rings. The maximum Gasteiger partial charge on any atom is 0.251 e. The molecule has 0 spiro atoms. The van der Waals surface area contributed by atoms with E-state index < -0.39 is 6.10 Å². The number of H-pyrrole nitrogens is 1. The lowest BCUT2D eigenvalue weighted by atomic mass is 10.1. The number of nitrogens with zero attached hydrogens (tertiary/aromatic N) is 3.